The van der Waals surface area contributed by atoms with Gasteiger partial charge in [0.15, 0.2) is 0 Å². The van der Waals surface area contributed by atoms with Crippen LogP contribution in [0.5, 0.6) is 0 Å². The Kier molecular flexibility index (Phi) is 48.5. The SMILES string of the molecule is CCCCCCCCCCCCCCCCNC(=S)[S-].CCCCCCCCCCCCCCCCNC(=S)[S-].[Zn+2]. The monoisotopic (exact) mass is 696 g/mol. The Morgan fingerprint density at radius 3 is 0.707 bits per heavy atom. The first-order chi connectivity index (χ1) is 19.5. The van der Waals surface area contributed by atoms with Crippen LogP contribution in [0.1, 0.15) is 194 Å². The first-order valence-electron chi connectivity index (χ1n) is 17.4. The van der Waals surface area contributed by atoms with Gasteiger partial charge in [0.05, 0.1) is 0 Å². The predicted octanol–water partition coefficient (Wildman–Crippen LogP) is 11.8. The summed E-state index contributed by atoms with van der Waals surface area (Å²) in [4.78, 5) is 0. The van der Waals surface area contributed by atoms with Gasteiger partial charge in [-0.05, 0) is 12.8 Å². The molecule has 240 valence electrons. The van der Waals surface area contributed by atoms with Crippen LogP contribution in [0.15, 0.2) is 0 Å². The molecule has 0 atom stereocenters. The molecule has 0 bridgehead atoms. The van der Waals surface area contributed by atoms with E-state index >= 15 is 0 Å². The van der Waals surface area contributed by atoms with E-state index in [9.17, 15) is 0 Å². The molecule has 0 aromatic rings. The van der Waals surface area contributed by atoms with Gasteiger partial charge in [0.2, 0.25) is 0 Å². The molecule has 0 radical (unpaired) electrons. The molecular formula is C34H68N2S4Zn. The van der Waals surface area contributed by atoms with Crippen molar-refractivity contribution in [3.8, 4) is 0 Å². The molecule has 0 unspecified atom stereocenters. The molecule has 0 aliphatic rings. The summed E-state index contributed by atoms with van der Waals surface area (Å²) in [6, 6.07) is 0. The summed E-state index contributed by atoms with van der Waals surface area (Å²) >= 11 is 19.2. The molecule has 0 rings (SSSR count). The molecule has 2 nitrogen and oxygen atoms in total. The second-order valence-corrected chi connectivity index (χ2v) is 13.8. The van der Waals surface area contributed by atoms with E-state index in [-0.39, 0.29) is 19.5 Å². The molecule has 0 aliphatic heterocycles. The average Bonchev–Trinajstić information content (AvgIpc) is 2.93. The molecule has 0 aromatic heterocycles. The average molecular weight is 699 g/mol. The van der Waals surface area contributed by atoms with Crippen molar-refractivity contribution >= 4 is 58.3 Å². The van der Waals surface area contributed by atoms with E-state index in [4.69, 9.17) is 49.7 Å². The summed E-state index contributed by atoms with van der Waals surface area (Å²) in [5.41, 5.74) is 0. The number of unbranched alkanes of at least 4 members (excludes halogenated alkanes) is 26. The number of thiocarbonyl (C=S) groups is 2. The van der Waals surface area contributed by atoms with E-state index in [1.165, 1.54) is 180 Å². The van der Waals surface area contributed by atoms with Crippen LogP contribution in [0.3, 0.4) is 0 Å². The second-order valence-electron chi connectivity index (χ2n) is 11.6. The quantitative estimate of drug-likeness (QED) is 0.0335. The molecule has 0 heterocycles. The van der Waals surface area contributed by atoms with Crippen LogP contribution in [0.4, 0.5) is 0 Å². The molecule has 0 saturated heterocycles. The summed E-state index contributed by atoms with van der Waals surface area (Å²) in [5.74, 6) is 0. The van der Waals surface area contributed by atoms with Crippen molar-refractivity contribution in [2.75, 3.05) is 13.1 Å². The maximum absolute atomic E-state index is 4.80. The molecule has 7 heteroatoms. The Hall–Kier alpha value is 0.843. The summed E-state index contributed by atoms with van der Waals surface area (Å²) in [7, 11) is 0. The summed E-state index contributed by atoms with van der Waals surface area (Å²) in [6.45, 7) is 6.48. The van der Waals surface area contributed by atoms with E-state index in [1.54, 1.807) is 0 Å². The van der Waals surface area contributed by atoms with Gasteiger partial charge in [-0.3, -0.25) is 0 Å². The standard InChI is InChI=1S/2C17H35NS2.Zn/c2*1-2-3-4-5-6-7-8-9-10-11-12-13-14-15-16-18-17(19)20;/h2*2-16H2,1H3,(H2,18,19,20);/q;;+2/p-2. The summed E-state index contributed by atoms with van der Waals surface area (Å²) < 4.78 is 1.03. The van der Waals surface area contributed by atoms with Gasteiger partial charge in [0, 0.05) is 13.1 Å². The van der Waals surface area contributed by atoms with Gasteiger partial charge in [-0.1, -0.05) is 189 Å². The molecule has 0 aliphatic carbocycles. The van der Waals surface area contributed by atoms with Crippen LogP contribution in [0.25, 0.3) is 0 Å². The van der Waals surface area contributed by atoms with Crippen molar-refractivity contribution in [3.63, 3.8) is 0 Å². The zero-order valence-corrected chi connectivity index (χ0v) is 33.8. The van der Waals surface area contributed by atoms with Crippen molar-refractivity contribution in [1.29, 1.82) is 0 Å². The van der Waals surface area contributed by atoms with Crippen molar-refractivity contribution in [3.05, 3.63) is 0 Å². The third-order valence-corrected chi connectivity index (χ3v) is 8.18. The van der Waals surface area contributed by atoms with Crippen LogP contribution >= 0.6 is 24.4 Å². The van der Waals surface area contributed by atoms with Crippen LogP contribution in [0, 0.1) is 0 Å². The van der Waals surface area contributed by atoms with Crippen molar-refractivity contribution in [2.45, 2.75) is 194 Å². The fourth-order valence-electron chi connectivity index (χ4n) is 5.02. The molecule has 0 aromatic carbocycles. The van der Waals surface area contributed by atoms with Crippen molar-refractivity contribution < 1.29 is 19.5 Å². The second kappa shape index (κ2) is 43.0. The van der Waals surface area contributed by atoms with Gasteiger partial charge in [-0.15, -0.1) is 0 Å². The van der Waals surface area contributed by atoms with Gasteiger partial charge in [0.1, 0.15) is 0 Å². The van der Waals surface area contributed by atoms with Crippen LogP contribution < -0.4 is 10.6 Å². The Bertz CT molecular complexity index is 465. The van der Waals surface area contributed by atoms with E-state index in [0.29, 0.717) is 8.64 Å². The Morgan fingerprint density at radius 1 is 0.366 bits per heavy atom. The number of nitrogens with one attached hydrogen (secondary N) is 2. The summed E-state index contributed by atoms with van der Waals surface area (Å²) in [6.07, 6.45) is 39.2. The van der Waals surface area contributed by atoms with Gasteiger partial charge in [-0.2, -0.15) is 0 Å². The molecule has 41 heavy (non-hydrogen) atoms. The van der Waals surface area contributed by atoms with E-state index in [2.05, 4.69) is 24.5 Å². The van der Waals surface area contributed by atoms with Gasteiger partial charge < -0.3 is 60.3 Å². The van der Waals surface area contributed by atoms with Crippen molar-refractivity contribution in [2.24, 2.45) is 0 Å². The zero-order valence-electron chi connectivity index (χ0n) is 27.6. The minimum Gasteiger partial charge on any atom is -0.412 e. The van der Waals surface area contributed by atoms with E-state index < -0.39 is 0 Å². The van der Waals surface area contributed by atoms with E-state index in [1.807, 2.05) is 0 Å². The Labute approximate surface area is 293 Å². The van der Waals surface area contributed by atoms with Crippen LogP contribution in [-0.2, 0) is 44.7 Å². The van der Waals surface area contributed by atoms with Gasteiger partial charge in [0.25, 0.3) is 0 Å². The predicted molar refractivity (Wildman–Crippen MR) is 197 cm³/mol. The molecule has 2 N–H and O–H groups in total. The topological polar surface area (TPSA) is 24.1 Å². The third kappa shape index (κ3) is 50.8. The first-order valence-corrected chi connectivity index (χ1v) is 19.1. The number of hydrogen-bond donors (Lipinski definition) is 2. The fourth-order valence-corrected chi connectivity index (χ4v) is 5.43. The minimum atomic E-state index is 0. The molecule has 0 fully saturated rings. The zero-order chi connectivity index (χ0) is 29.8. The largest absolute Gasteiger partial charge is 2.00 e. The van der Waals surface area contributed by atoms with Gasteiger partial charge in [-0.25, -0.2) is 0 Å². The van der Waals surface area contributed by atoms with E-state index in [0.717, 1.165) is 13.1 Å². The number of rotatable bonds is 30. The number of hydrogen-bond acceptors (Lipinski definition) is 4. The molecule has 0 spiro atoms. The molecular weight excluding hydrogens is 630 g/mol. The molecule has 0 saturated carbocycles. The van der Waals surface area contributed by atoms with Crippen molar-refractivity contribution in [1.82, 2.24) is 10.6 Å². The third-order valence-electron chi connectivity index (χ3n) is 7.60. The first kappa shape index (κ1) is 46.3. The maximum atomic E-state index is 4.80. The maximum Gasteiger partial charge on any atom is 2.00 e. The normalized spacial score (nSPS) is 10.4. The summed E-state index contributed by atoms with van der Waals surface area (Å²) in [5, 5.41) is 6.07. The van der Waals surface area contributed by atoms with Crippen LogP contribution in [0.2, 0.25) is 0 Å². The minimum absolute atomic E-state index is 0. The smallest absolute Gasteiger partial charge is 0.412 e. The Balaban J connectivity index is -0.000000688. The Morgan fingerprint density at radius 2 is 0.537 bits per heavy atom. The van der Waals surface area contributed by atoms with Crippen LogP contribution in [-0.4, -0.2) is 21.7 Å². The fraction of sp³-hybridized carbons (Fsp3) is 0.941. The molecule has 0 amide bonds. The van der Waals surface area contributed by atoms with Gasteiger partial charge >= 0.3 is 19.5 Å².